The van der Waals surface area contributed by atoms with Gasteiger partial charge in [0.05, 0.1) is 7.11 Å². The minimum Gasteiger partial charge on any atom is -0.496 e. The third-order valence-corrected chi connectivity index (χ3v) is 2.79. The predicted octanol–water partition coefficient (Wildman–Crippen LogP) is 2.88. The molecule has 1 aliphatic rings. The van der Waals surface area contributed by atoms with E-state index in [-0.39, 0.29) is 0 Å². The number of methoxy groups -OCH3 is 1. The van der Waals surface area contributed by atoms with Crippen LogP contribution in [-0.2, 0) is 12.8 Å². The van der Waals surface area contributed by atoms with Gasteiger partial charge in [-0.05, 0) is 55.4 Å². The highest BCUT2D eigenvalue weighted by Gasteiger charge is 2.13. The molecule has 0 bridgehead atoms. The van der Waals surface area contributed by atoms with Crippen LogP contribution in [0.3, 0.4) is 0 Å². The molecule has 1 nitrogen and oxygen atoms in total. The summed E-state index contributed by atoms with van der Waals surface area (Å²) in [6.45, 7) is 2.14. The zero-order valence-corrected chi connectivity index (χ0v) is 8.39. The Kier molecular flexibility index (Phi) is 2.26. The molecule has 0 N–H and O–H groups in total. The molecule has 1 heteroatoms. The van der Waals surface area contributed by atoms with Gasteiger partial charge in [-0.2, -0.15) is 0 Å². The molecule has 70 valence electrons. The van der Waals surface area contributed by atoms with E-state index in [0.717, 1.165) is 5.75 Å². The van der Waals surface area contributed by atoms with Gasteiger partial charge in [-0.3, -0.25) is 0 Å². The zero-order valence-electron chi connectivity index (χ0n) is 8.39. The largest absolute Gasteiger partial charge is 0.496 e. The standard InChI is InChI=1S/C12H16O/c1-9-7-10-5-3-4-6-11(10)12(8-9)13-2/h7-8H,3-6H2,1-2H3. The maximum absolute atomic E-state index is 5.39. The van der Waals surface area contributed by atoms with Crippen molar-refractivity contribution in [3.05, 3.63) is 28.8 Å². The van der Waals surface area contributed by atoms with Crippen LogP contribution >= 0.6 is 0 Å². The predicted molar refractivity (Wildman–Crippen MR) is 54.4 cm³/mol. The van der Waals surface area contributed by atoms with Gasteiger partial charge in [-0.15, -0.1) is 0 Å². The second-order valence-corrected chi connectivity index (χ2v) is 3.81. The number of hydrogen-bond donors (Lipinski definition) is 0. The Labute approximate surface area is 79.7 Å². The lowest BCUT2D eigenvalue weighted by Gasteiger charge is -2.19. The highest BCUT2D eigenvalue weighted by Crippen LogP contribution is 2.30. The summed E-state index contributed by atoms with van der Waals surface area (Å²) in [5, 5.41) is 0. The fraction of sp³-hybridized carbons (Fsp3) is 0.500. The van der Waals surface area contributed by atoms with E-state index >= 15 is 0 Å². The Hall–Kier alpha value is -0.980. The highest BCUT2D eigenvalue weighted by molar-refractivity contribution is 5.44. The van der Waals surface area contributed by atoms with Crippen molar-refractivity contribution in [2.24, 2.45) is 0 Å². The molecule has 2 rings (SSSR count). The van der Waals surface area contributed by atoms with Crippen LogP contribution in [0.1, 0.15) is 29.5 Å². The molecule has 0 aromatic heterocycles. The summed E-state index contributed by atoms with van der Waals surface area (Å²) in [5.74, 6) is 1.09. The van der Waals surface area contributed by atoms with Crippen molar-refractivity contribution in [1.29, 1.82) is 0 Å². The monoisotopic (exact) mass is 176 g/mol. The van der Waals surface area contributed by atoms with E-state index in [9.17, 15) is 0 Å². The minimum absolute atomic E-state index is 1.09. The first-order valence-electron chi connectivity index (χ1n) is 4.97. The van der Waals surface area contributed by atoms with E-state index in [1.807, 2.05) is 0 Å². The molecular weight excluding hydrogens is 160 g/mol. The molecule has 0 fully saturated rings. The number of aryl methyl sites for hydroxylation is 2. The summed E-state index contributed by atoms with van der Waals surface area (Å²) in [6.07, 6.45) is 5.07. The third-order valence-electron chi connectivity index (χ3n) is 2.79. The van der Waals surface area contributed by atoms with Gasteiger partial charge in [-0.25, -0.2) is 0 Å². The van der Waals surface area contributed by atoms with Crippen molar-refractivity contribution in [2.75, 3.05) is 7.11 Å². The van der Waals surface area contributed by atoms with Gasteiger partial charge in [-0.1, -0.05) is 6.07 Å². The quantitative estimate of drug-likeness (QED) is 0.639. The lowest BCUT2D eigenvalue weighted by Crippen LogP contribution is -2.05. The SMILES string of the molecule is COc1cc(C)cc2c1CCCC2. The Morgan fingerprint density at radius 1 is 1.15 bits per heavy atom. The third kappa shape index (κ3) is 1.55. The molecule has 0 aliphatic heterocycles. The van der Waals surface area contributed by atoms with E-state index in [4.69, 9.17) is 4.74 Å². The van der Waals surface area contributed by atoms with E-state index in [2.05, 4.69) is 19.1 Å². The fourth-order valence-corrected chi connectivity index (χ4v) is 2.16. The minimum atomic E-state index is 1.09. The fourth-order valence-electron chi connectivity index (χ4n) is 2.16. The molecule has 0 spiro atoms. The van der Waals surface area contributed by atoms with E-state index in [1.54, 1.807) is 7.11 Å². The highest BCUT2D eigenvalue weighted by atomic mass is 16.5. The van der Waals surface area contributed by atoms with Crippen LogP contribution in [0.2, 0.25) is 0 Å². The van der Waals surface area contributed by atoms with Gasteiger partial charge in [0.2, 0.25) is 0 Å². The normalized spacial score (nSPS) is 15.2. The van der Waals surface area contributed by atoms with Gasteiger partial charge in [0.15, 0.2) is 0 Å². The summed E-state index contributed by atoms with van der Waals surface area (Å²) in [6, 6.07) is 4.45. The molecule has 0 heterocycles. The lowest BCUT2D eigenvalue weighted by molar-refractivity contribution is 0.406. The van der Waals surface area contributed by atoms with Crippen molar-refractivity contribution in [1.82, 2.24) is 0 Å². The maximum Gasteiger partial charge on any atom is 0.122 e. The summed E-state index contributed by atoms with van der Waals surface area (Å²) in [7, 11) is 1.77. The molecule has 0 atom stereocenters. The maximum atomic E-state index is 5.39. The summed E-state index contributed by atoms with van der Waals surface area (Å²) in [5.41, 5.74) is 4.26. The first-order chi connectivity index (χ1) is 6.31. The Balaban J connectivity index is 2.50. The van der Waals surface area contributed by atoms with E-state index < -0.39 is 0 Å². The van der Waals surface area contributed by atoms with Crippen molar-refractivity contribution in [3.63, 3.8) is 0 Å². The van der Waals surface area contributed by atoms with Gasteiger partial charge in [0, 0.05) is 0 Å². The number of ether oxygens (including phenoxy) is 1. The molecule has 0 amide bonds. The van der Waals surface area contributed by atoms with E-state index in [1.165, 1.54) is 42.4 Å². The van der Waals surface area contributed by atoms with Crippen molar-refractivity contribution < 1.29 is 4.74 Å². The van der Waals surface area contributed by atoms with E-state index in [0.29, 0.717) is 0 Å². The molecule has 0 unspecified atom stereocenters. The molecule has 13 heavy (non-hydrogen) atoms. The van der Waals surface area contributed by atoms with Crippen LogP contribution in [0.15, 0.2) is 12.1 Å². The molecule has 0 saturated heterocycles. The van der Waals surface area contributed by atoms with Crippen LogP contribution in [0, 0.1) is 6.92 Å². The van der Waals surface area contributed by atoms with Crippen molar-refractivity contribution >= 4 is 0 Å². The van der Waals surface area contributed by atoms with Crippen LogP contribution in [0.5, 0.6) is 5.75 Å². The first kappa shape index (κ1) is 8.61. The molecule has 0 saturated carbocycles. The average molecular weight is 176 g/mol. The molecule has 1 aliphatic carbocycles. The summed E-state index contributed by atoms with van der Waals surface area (Å²) >= 11 is 0. The molecule has 1 aromatic carbocycles. The second kappa shape index (κ2) is 3.41. The molecule has 1 aromatic rings. The topological polar surface area (TPSA) is 9.23 Å². The van der Waals surface area contributed by atoms with Crippen LogP contribution < -0.4 is 4.74 Å². The zero-order chi connectivity index (χ0) is 9.26. The van der Waals surface area contributed by atoms with Crippen molar-refractivity contribution in [3.8, 4) is 5.75 Å². The molecule has 0 radical (unpaired) electrons. The van der Waals surface area contributed by atoms with Gasteiger partial charge in [0.25, 0.3) is 0 Å². The molecular formula is C12H16O. The van der Waals surface area contributed by atoms with Crippen molar-refractivity contribution in [2.45, 2.75) is 32.6 Å². The number of rotatable bonds is 1. The summed E-state index contributed by atoms with van der Waals surface area (Å²) < 4.78 is 5.39. The number of benzene rings is 1. The first-order valence-corrected chi connectivity index (χ1v) is 4.97. The lowest BCUT2D eigenvalue weighted by atomic mass is 9.90. The summed E-state index contributed by atoms with van der Waals surface area (Å²) in [4.78, 5) is 0. The number of hydrogen-bond acceptors (Lipinski definition) is 1. The second-order valence-electron chi connectivity index (χ2n) is 3.81. The number of fused-ring (bicyclic) bond motifs is 1. The van der Waals surface area contributed by atoms with Crippen LogP contribution in [0.4, 0.5) is 0 Å². The Morgan fingerprint density at radius 2 is 1.92 bits per heavy atom. The average Bonchev–Trinajstić information content (AvgIpc) is 2.16. The Morgan fingerprint density at radius 3 is 2.69 bits per heavy atom. The Bertz CT molecular complexity index is 298. The van der Waals surface area contributed by atoms with Gasteiger partial charge in [0.1, 0.15) is 5.75 Å². The smallest absolute Gasteiger partial charge is 0.122 e. The van der Waals surface area contributed by atoms with Crippen LogP contribution in [0.25, 0.3) is 0 Å². The van der Waals surface area contributed by atoms with Gasteiger partial charge < -0.3 is 4.74 Å². The van der Waals surface area contributed by atoms with Gasteiger partial charge >= 0.3 is 0 Å². The van der Waals surface area contributed by atoms with Crippen LogP contribution in [-0.4, -0.2) is 7.11 Å².